The Labute approximate surface area is 141 Å². The molecule has 1 amide bonds. The fourth-order valence-electron chi connectivity index (χ4n) is 2.72. The van der Waals surface area contributed by atoms with Crippen LogP contribution < -0.4 is 19.5 Å². The molecule has 2 aromatic carbocycles. The second-order valence-corrected chi connectivity index (χ2v) is 6.37. The van der Waals surface area contributed by atoms with Crippen LogP contribution >= 0.6 is 0 Å². The molecule has 5 nitrogen and oxygen atoms in total. The highest BCUT2D eigenvalue weighted by Crippen LogP contribution is 2.41. The van der Waals surface area contributed by atoms with Gasteiger partial charge >= 0.3 is 6.09 Å². The van der Waals surface area contributed by atoms with Crippen molar-refractivity contribution < 1.29 is 19.0 Å². The van der Waals surface area contributed by atoms with Crippen LogP contribution in [0, 0.1) is 0 Å². The number of benzene rings is 2. The Bertz CT molecular complexity index is 738. The summed E-state index contributed by atoms with van der Waals surface area (Å²) in [5.41, 5.74) is 1.74. The Morgan fingerprint density at radius 2 is 1.96 bits per heavy atom. The Morgan fingerprint density at radius 1 is 1.21 bits per heavy atom. The predicted octanol–water partition coefficient (Wildman–Crippen LogP) is 3.70. The average molecular weight is 327 g/mol. The zero-order valence-electron chi connectivity index (χ0n) is 14.1. The van der Waals surface area contributed by atoms with Crippen molar-refractivity contribution >= 4 is 6.09 Å². The Hall–Kier alpha value is -2.69. The molecule has 0 aliphatic carbocycles. The fraction of sp³-hybridized carbons (Fsp3) is 0.316. The van der Waals surface area contributed by atoms with E-state index in [0.717, 1.165) is 23.3 Å². The van der Waals surface area contributed by atoms with E-state index in [0.29, 0.717) is 18.0 Å². The van der Waals surface area contributed by atoms with Crippen molar-refractivity contribution in [1.29, 1.82) is 0 Å². The van der Waals surface area contributed by atoms with Gasteiger partial charge in [0.05, 0.1) is 7.11 Å². The van der Waals surface area contributed by atoms with Crippen molar-refractivity contribution in [2.45, 2.75) is 32.4 Å². The van der Waals surface area contributed by atoms with E-state index in [1.807, 2.05) is 50.2 Å². The van der Waals surface area contributed by atoms with Crippen molar-refractivity contribution in [3.8, 4) is 17.2 Å². The lowest BCUT2D eigenvalue weighted by Gasteiger charge is -2.18. The molecule has 0 aromatic heterocycles. The lowest BCUT2D eigenvalue weighted by Crippen LogP contribution is -2.27. The summed E-state index contributed by atoms with van der Waals surface area (Å²) in [5, 5.41) is 2.74. The van der Waals surface area contributed by atoms with Gasteiger partial charge in [-0.25, -0.2) is 4.79 Å². The molecule has 5 heteroatoms. The van der Waals surface area contributed by atoms with Gasteiger partial charge in [0.25, 0.3) is 0 Å². The van der Waals surface area contributed by atoms with Gasteiger partial charge in [-0.05, 0) is 37.6 Å². The van der Waals surface area contributed by atoms with Crippen LogP contribution in [0.25, 0.3) is 0 Å². The molecule has 1 N–H and O–H groups in total. The summed E-state index contributed by atoms with van der Waals surface area (Å²) in [4.78, 5) is 12.1. The molecule has 0 saturated heterocycles. The number of methoxy groups -OCH3 is 1. The van der Waals surface area contributed by atoms with Crippen molar-refractivity contribution in [3.63, 3.8) is 0 Å². The lowest BCUT2D eigenvalue weighted by atomic mass is 10.0. The maximum Gasteiger partial charge on any atom is 0.413 e. The number of para-hydroxylation sites is 1. The SMILES string of the molecule is COc1ccc(CNC(=O)Oc2cccc3c2OC(C)(C)C3)cc1. The van der Waals surface area contributed by atoms with Crippen LogP contribution in [-0.4, -0.2) is 18.8 Å². The molecular formula is C19H21NO4. The van der Waals surface area contributed by atoms with Gasteiger partial charge in [-0.2, -0.15) is 0 Å². The van der Waals surface area contributed by atoms with Gasteiger partial charge in [-0.1, -0.05) is 24.3 Å². The van der Waals surface area contributed by atoms with Crippen molar-refractivity contribution in [2.75, 3.05) is 7.11 Å². The van der Waals surface area contributed by atoms with Gasteiger partial charge in [-0.15, -0.1) is 0 Å². The second-order valence-electron chi connectivity index (χ2n) is 6.37. The third-order valence-electron chi connectivity index (χ3n) is 3.85. The highest BCUT2D eigenvalue weighted by Gasteiger charge is 2.32. The maximum atomic E-state index is 12.1. The zero-order chi connectivity index (χ0) is 17.2. The molecule has 24 heavy (non-hydrogen) atoms. The number of fused-ring (bicyclic) bond motifs is 1. The Morgan fingerprint density at radius 3 is 2.67 bits per heavy atom. The Kier molecular flexibility index (Phi) is 4.34. The number of nitrogens with one attached hydrogen (secondary N) is 1. The molecule has 0 unspecified atom stereocenters. The topological polar surface area (TPSA) is 56.8 Å². The van der Waals surface area contributed by atoms with Crippen LogP contribution in [0.1, 0.15) is 25.0 Å². The number of ether oxygens (including phenoxy) is 3. The van der Waals surface area contributed by atoms with Crippen LogP contribution in [0.5, 0.6) is 17.2 Å². The summed E-state index contributed by atoms with van der Waals surface area (Å²) >= 11 is 0. The third kappa shape index (κ3) is 3.62. The maximum absolute atomic E-state index is 12.1. The number of hydrogen-bond donors (Lipinski definition) is 1. The summed E-state index contributed by atoms with van der Waals surface area (Å²) in [5.74, 6) is 1.88. The number of amides is 1. The van der Waals surface area contributed by atoms with Crippen molar-refractivity contribution in [2.24, 2.45) is 0 Å². The molecule has 3 rings (SSSR count). The molecule has 0 spiro atoms. The summed E-state index contributed by atoms with van der Waals surface area (Å²) in [6, 6.07) is 13.1. The van der Waals surface area contributed by atoms with Gasteiger partial charge < -0.3 is 19.5 Å². The highest BCUT2D eigenvalue weighted by molar-refractivity contribution is 5.72. The minimum atomic E-state index is -0.507. The van der Waals surface area contributed by atoms with Gasteiger partial charge in [0.15, 0.2) is 11.5 Å². The number of carbonyl (C=O) groups excluding carboxylic acids is 1. The largest absolute Gasteiger partial charge is 0.497 e. The van der Waals surface area contributed by atoms with Crippen LogP contribution in [0.3, 0.4) is 0 Å². The lowest BCUT2D eigenvalue weighted by molar-refractivity contribution is 0.133. The first-order chi connectivity index (χ1) is 11.5. The second kappa shape index (κ2) is 6.43. The van der Waals surface area contributed by atoms with E-state index < -0.39 is 6.09 Å². The molecule has 126 valence electrons. The van der Waals surface area contributed by atoms with Crippen LogP contribution in [0.2, 0.25) is 0 Å². The first kappa shape index (κ1) is 16.2. The molecule has 2 aromatic rings. The number of hydrogen-bond acceptors (Lipinski definition) is 4. The number of rotatable bonds is 4. The standard InChI is InChI=1S/C19H21NO4/c1-19(2)11-14-5-4-6-16(17(14)24-19)23-18(21)20-12-13-7-9-15(22-3)10-8-13/h4-10H,11-12H2,1-3H3,(H,20,21). The average Bonchev–Trinajstić information content (AvgIpc) is 2.88. The smallest absolute Gasteiger partial charge is 0.413 e. The van der Waals surface area contributed by atoms with Crippen molar-refractivity contribution in [3.05, 3.63) is 53.6 Å². The van der Waals surface area contributed by atoms with Gasteiger partial charge in [0, 0.05) is 18.5 Å². The molecule has 0 atom stereocenters. The first-order valence-corrected chi connectivity index (χ1v) is 7.86. The van der Waals surface area contributed by atoms with E-state index in [1.54, 1.807) is 13.2 Å². The van der Waals surface area contributed by atoms with Crippen LogP contribution in [0.15, 0.2) is 42.5 Å². The monoisotopic (exact) mass is 327 g/mol. The Balaban J connectivity index is 1.61. The molecule has 0 fully saturated rings. The van der Waals surface area contributed by atoms with Gasteiger partial charge in [-0.3, -0.25) is 0 Å². The zero-order valence-corrected chi connectivity index (χ0v) is 14.1. The van der Waals surface area contributed by atoms with E-state index in [-0.39, 0.29) is 5.60 Å². The van der Waals surface area contributed by atoms with Gasteiger partial charge in [0.1, 0.15) is 11.4 Å². The predicted molar refractivity (Wildman–Crippen MR) is 90.7 cm³/mol. The van der Waals surface area contributed by atoms with Gasteiger partial charge in [0.2, 0.25) is 0 Å². The van der Waals surface area contributed by atoms with Crippen LogP contribution in [0.4, 0.5) is 4.79 Å². The summed E-state index contributed by atoms with van der Waals surface area (Å²) in [6.07, 6.45) is 0.292. The minimum Gasteiger partial charge on any atom is -0.497 e. The molecule has 1 heterocycles. The molecule has 1 aliphatic rings. The first-order valence-electron chi connectivity index (χ1n) is 7.86. The van der Waals surface area contributed by atoms with E-state index in [1.165, 1.54) is 0 Å². The summed E-state index contributed by atoms with van der Waals surface area (Å²) < 4.78 is 16.4. The van der Waals surface area contributed by atoms with E-state index in [9.17, 15) is 4.79 Å². The van der Waals surface area contributed by atoms with E-state index in [2.05, 4.69) is 5.32 Å². The van der Waals surface area contributed by atoms with Crippen molar-refractivity contribution in [1.82, 2.24) is 5.32 Å². The highest BCUT2D eigenvalue weighted by atomic mass is 16.6. The molecular weight excluding hydrogens is 306 g/mol. The quantitative estimate of drug-likeness (QED) is 0.930. The molecule has 0 bridgehead atoms. The molecule has 0 saturated carbocycles. The van der Waals surface area contributed by atoms with E-state index >= 15 is 0 Å². The minimum absolute atomic E-state index is 0.276. The van der Waals surface area contributed by atoms with Crippen LogP contribution in [-0.2, 0) is 13.0 Å². The third-order valence-corrected chi connectivity index (χ3v) is 3.85. The normalized spacial score (nSPS) is 14.5. The summed E-state index contributed by atoms with van der Waals surface area (Å²) in [7, 11) is 1.62. The summed E-state index contributed by atoms with van der Waals surface area (Å²) in [6.45, 7) is 4.41. The molecule has 1 aliphatic heterocycles. The van der Waals surface area contributed by atoms with E-state index in [4.69, 9.17) is 14.2 Å². The molecule has 0 radical (unpaired) electrons. The fourth-order valence-corrected chi connectivity index (χ4v) is 2.72. The number of carbonyl (C=O) groups is 1.